The van der Waals surface area contributed by atoms with E-state index in [4.69, 9.17) is 5.73 Å². The van der Waals surface area contributed by atoms with E-state index in [1.54, 1.807) is 0 Å². The Balaban J connectivity index is 1.78. The molecule has 5 heteroatoms. The normalized spacial score (nSPS) is 22.2. The molecular weight excluding hydrogens is 250 g/mol. The molecule has 2 aromatic rings. The van der Waals surface area contributed by atoms with Crippen LogP contribution in [0.2, 0.25) is 0 Å². The van der Waals surface area contributed by atoms with Crippen molar-refractivity contribution in [3.63, 3.8) is 0 Å². The Hall–Kier alpha value is -1.59. The maximum Gasteiger partial charge on any atom is 0.121 e. The number of nitrogen functional groups attached to an aromatic ring is 1. The highest BCUT2D eigenvalue weighted by Gasteiger charge is 2.20. The molecule has 3 rings (SSSR count). The molecule has 0 radical (unpaired) electrons. The molecule has 1 fully saturated rings. The monoisotopic (exact) mass is 273 g/mol. The summed E-state index contributed by atoms with van der Waals surface area (Å²) in [6, 6.07) is 6.38. The van der Waals surface area contributed by atoms with Crippen LogP contribution in [0.15, 0.2) is 18.2 Å². The van der Waals surface area contributed by atoms with E-state index in [2.05, 4.69) is 33.7 Å². The first-order valence-electron chi connectivity index (χ1n) is 7.28. The number of hydrogen-bond donors (Lipinski definition) is 2. The molecule has 108 valence electrons. The van der Waals surface area contributed by atoms with Crippen LogP contribution in [0.1, 0.15) is 19.2 Å². The summed E-state index contributed by atoms with van der Waals surface area (Å²) < 4.78 is 0. The molecule has 0 spiro atoms. The predicted molar refractivity (Wildman–Crippen MR) is 82.5 cm³/mol. The van der Waals surface area contributed by atoms with E-state index in [0.717, 1.165) is 42.2 Å². The number of benzene rings is 1. The summed E-state index contributed by atoms with van der Waals surface area (Å²) in [6.45, 7) is 6.60. The second-order valence-electron chi connectivity index (χ2n) is 5.90. The summed E-state index contributed by atoms with van der Waals surface area (Å²) in [5, 5.41) is 0. The minimum Gasteiger partial charge on any atom is -0.399 e. The summed E-state index contributed by atoms with van der Waals surface area (Å²) in [4.78, 5) is 13.0. The maximum absolute atomic E-state index is 5.81. The molecule has 1 unspecified atom stereocenters. The lowest BCUT2D eigenvalue weighted by atomic mass is 10.2. The van der Waals surface area contributed by atoms with Gasteiger partial charge in [-0.3, -0.25) is 4.90 Å². The van der Waals surface area contributed by atoms with Gasteiger partial charge in [-0.25, -0.2) is 4.98 Å². The number of likely N-dealkylation sites (N-methyl/N-ethyl adjacent to an activating group) is 1. The molecule has 0 amide bonds. The number of H-pyrrole nitrogens is 1. The van der Waals surface area contributed by atoms with Gasteiger partial charge in [-0.05, 0) is 45.1 Å². The van der Waals surface area contributed by atoms with Crippen LogP contribution in [-0.4, -0.2) is 52.5 Å². The van der Waals surface area contributed by atoms with E-state index in [1.165, 1.54) is 13.0 Å². The second kappa shape index (κ2) is 5.42. The molecule has 1 saturated heterocycles. The first-order chi connectivity index (χ1) is 9.61. The zero-order valence-electron chi connectivity index (χ0n) is 12.3. The van der Waals surface area contributed by atoms with Gasteiger partial charge in [0.2, 0.25) is 0 Å². The quantitative estimate of drug-likeness (QED) is 0.817. The minimum absolute atomic E-state index is 0.556. The van der Waals surface area contributed by atoms with Crippen molar-refractivity contribution in [2.75, 3.05) is 32.4 Å². The number of fused-ring (bicyclic) bond motifs is 1. The molecule has 0 aliphatic carbocycles. The lowest BCUT2D eigenvalue weighted by molar-refractivity contribution is 0.191. The van der Waals surface area contributed by atoms with Gasteiger partial charge in [0, 0.05) is 24.8 Å². The Labute approximate surface area is 119 Å². The van der Waals surface area contributed by atoms with Crippen LogP contribution in [0.4, 0.5) is 5.69 Å². The predicted octanol–water partition coefficient (Wildman–Crippen LogP) is 1.67. The Morgan fingerprint density at radius 2 is 2.25 bits per heavy atom. The van der Waals surface area contributed by atoms with Crippen LogP contribution in [0.5, 0.6) is 0 Å². The smallest absolute Gasteiger partial charge is 0.121 e. The fourth-order valence-corrected chi connectivity index (χ4v) is 3.00. The average molecular weight is 273 g/mol. The Kier molecular flexibility index (Phi) is 3.63. The highest BCUT2D eigenvalue weighted by atomic mass is 15.2. The second-order valence-corrected chi connectivity index (χ2v) is 5.90. The van der Waals surface area contributed by atoms with Gasteiger partial charge in [0.25, 0.3) is 0 Å². The van der Waals surface area contributed by atoms with E-state index in [0.29, 0.717) is 6.04 Å². The Morgan fingerprint density at radius 1 is 1.40 bits per heavy atom. The molecule has 0 saturated carbocycles. The molecule has 1 atom stereocenters. The Morgan fingerprint density at radius 3 is 3.10 bits per heavy atom. The van der Waals surface area contributed by atoms with Crippen molar-refractivity contribution in [2.45, 2.75) is 25.9 Å². The van der Waals surface area contributed by atoms with Crippen LogP contribution in [0.25, 0.3) is 11.0 Å². The number of rotatable bonds is 2. The fourth-order valence-electron chi connectivity index (χ4n) is 3.00. The van der Waals surface area contributed by atoms with Crippen LogP contribution in [0.3, 0.4) is 0 Å². The number of imidazole rings is 1. The third-order valence-corrected chi connectivity index (χ3v) is 4.09. The fraction of sp³-hybridized carbons (Fsp3) is 0.533. The van der Waals surface area contributed by atoms with E-state index in [-0.39, 0.29) is 0 Å². The van der Waals surface area contributed by atoms with E-state index in [1.807, 2.05) is 18.2 Å². The molecule has 0 bridgehead atoms. The molecule has 1 aromatic heterocycles. The average Bonchev–Trinajstić information content (AvgIpc) is 2.71. The van der Waals surface area contributed by atoms with Gasteiger partial charge in [0.1, 0.15) is 5.82 Å². The van der Waals surface area contributed by atoms with Crippen molar-refractivity contribution in [1.29, 1.82) is 0 Å². The number of hydrogen-bond acceptors (Lipinski definition) is 4. The zero-order chi connectivity index (χ0) is 14.1. The van der Waals surface area contributed by atoms with E-state index >= 15 is 0 Å². The molecule has 20 heavy (non-hydrogen) atoms. The molecule has 3 N–H and O–H groups in total. The van der Waals surface area contributed by atoms with Crippen molar-refractivity contribution in [1.82, 2.24) is 19.8 Å². The first kappa shape index (κ1) is 13.4. The minimum atomic E-state index is 0.556. The largest absolute Gasteiger partial charge is 0.399 e. The molecule has 1 aliphatic heterocycles. The van der Waals surface area contributed by atoms with Crippen LogP contribution in [-0.2, 0) is 6.54 Å². The number of aromatic nitrogens is 2. The lowest BCUT2D eigenvalue weighted by Crippen LogP contribution is -2.37. The summed E-state index contributed by atoms with van der Waals surface area (Å²) >= 11 is 0. The van der Waals surface area contributed by atoms with Gasteiger partial charge in [-0.2, -0.15) is 0 Å². The van der Waals surface area contributed by atoms with Gasteiger partial charge < -0.3 is 15.6 Å². The topological polar surface area (TPSA) is 61.2 Å². The molecular formula is C15H23N5. The Bertz CT molecular complexity index is 591. The number of nitrogens with one attached hydrogen (secondary N) is 1. The van der Waals surface area contributed by atoms with Crippen molar-refractivity contribution in [3.05, 3.63) is 24.0 Å². The van der Waals surface area contributed by atoms with Gasteiger partial charge in [-0.15, -0.1) is 0 Å². The summed E-state index contributed by atoms with van der Waals surface area (Å²) in [5.74, 6) is 1.03. The maximum atomic E-state index is 5.81. The third-order valence-electron chi connectivity index (χ3n) is 4.09. The van der Waals surface area contributed by atoms with Crippen LogP contribution >= 0.6 is 0 Å². The zero-order valence-corrected chi connectivity index (χ0v) is 12.3. The van der Waals surface area contributed by atoms with Gasteiger partial charge in [0.05, 0.1) is 17.6 Å². The van der Waals surface area contributed by atoms with Gasteiger partial charge >= 0.3 is 0 Å². The third kappa shape index (κ3) is 2.78. The van der Waals surface area contributed by atoms with E-state index in [9.17, 15) is 0 Å². The number of nitrogens with zero attached hydrogens (tertiary/aromatic N) is 3. The van der Waals surface area contributed by atoms with Gasteiger partial charge in [0.15, 0.2) is 0 Å². The highest BCUT2D eigenvalue weighted by Crippen LogP contribution is 2.17. The van der Waals surface area contributed by atoms with Crippen molar-refractivity contribution in [3.8, 4) is 0 Å². The van der Waals surface area contributed by atoms with Crippen molar-refractivity contribution < 1.29 is 0 Å². The highest BCUT2D eigenvalue weighted by molar-refractivity contribution is 5.78. The summed E-state index contributed by atoms with van der Waals surface area (Å²) in [6.07, 6.45) is 1.22. The van der Waals surface area contributed by atoms with Gasteiger partial charge in [-0.1, -0.05) is 0 Å². The first-order valence-corrected chi connectivity index (χ1v) is 7.28. The number of nitrogens with two attached hydrogens (primary N) is 1. The lowest BCUT2D eigenvalue weighted by Gasteiger charge is -2.26. The van der Waals surface area contributed by atoms with Crippen molar-refractivity contribution in [2.24, 2.45) is 0 Å². The van der Waals surface area contributed by atoms with Crippen LogP contribution in [0, 0.1) is 0 Å². The van der Waals surface area contributed by atoms with E-state index < -0.39 is 0 Å². The van der Waals surface area contributed by atoms with Crippen molar-refractivity contribution >= 4 is 16.7 Å². The molecule has 1 aromatic carbocycles. The molecule has 2 heterocycles. The number of aromatic amines is 1. The van der Waals surface area contributed by atoms with Crippen LogP contribution < -0.4 is 5.73 Å². The molecule has 5 nitrogen and oxygen atoms in total. The molecule has 1 aliphatic rings. The summed E-state index contributed by atoms with van der Waals surface area (Å²) in [7, 11) is 2.20. The SMILES string of the molecule is CC1CN(C)CCCN1Cc1nc2ccc(N)cc2[nH]1. The number of anilines is 1. The summed E-state index contributed by atoms with van der Waals surface area (Å²) in [5.41, 5.74) is 8.61. The standard InChI is InChI=1S/C15H23N5/c1-11-9-19(2)6-3-7-20(11)10-15-17-13-5-4-12(16)8-14(13)18-15/h4-5,8,11H,3,6-7,9-10,16H2,1-2H3,(H,17,18).